The van der Waals surface area contributed by atoms with E-state index in [9.17, 15) is 4.57 Å². The molecular formula is C27H20ClOP. The van der Waals surface area contributed by atoms with Crippen LogP contribution < -0.4 is 10.6 Å². The van der Waals surface area contributed by atoms with Crippen molar-refractivity contribution in [2.45, 2.75) is 6.42 Å². The van der Waals surface area contributed by atoms with Crippen molar-refractivity contribution in [1.29, 1.82) is 0 Å². The Morgan fingerprint density at radius 2 is 1.27 bits per heavy atom. The fourth-order valence-electron chi connectivity index (χ4n) is 4.27. The van der Waals surface area contributed by atoms with Crippen LogP contribution in [0.15, 0.2) is 115 Å². The highest BCUT2D eigenvalue weighted by Gasteiger charge is 2.42. The maximum atomic E-state index is 14.9. The van der Waals surface area contributed by atoms with Crippen LogP contribution >= 0.6 is 18.7 Å². The van der Waals surface area contributed by atoms with E-state index in [0.29, 0.717) is 11.4 Å². The fraction of sp³-hybridized carbons (Fsp3) is 0.0370. The van der Waals surface area contributed by atoms with Gasteiger partial charge >= 0.3 is 0 Å². The van der Waals surface area contributed by atoms with Crippen molar-refractivity contribution in [3.05, 3.63) is 136 Å². The molecule has 1 atom stereocenters. The lowest BCUT2D eigenvalue weighted by Gasteiger charge is -2.19. The smallest absolute Gasteiger partial charge is 0.168 e. The summed E-state index contributed by atoms with van der Waals surface area (Å²) in [6.07, 6.45) is 0.613. The summed E-state index contributed by atoms with van der Waals surface area (Å²) in [5.74, 6) is 0. The second-order valence-electron chi connectivity index (χ2n) is 7.45. The highest BCUT2D eigenvalue weighted by atomic mass is 35.5. The van der Waals surface area contributed by atoms with Gasteiger partial charge in [-0.15, -0.1) is 0 Å². The first kappa shape index (κ1) is 19.1. The molecule has 1 heterocycles. The molecule has 0 amide bonds. The van der Waals surface area contributed by atoms with Gasteiger partial charge in [0.25, 0.3) is 0 Å². The number of allylic oxidation sites excluding steroid dienone is 1. The summed E-state index contributed by atoms with van der Waals surface area (Å²) in [4.78, 5) is 0. The van der Waals surface area contributed by atoms with E-state index in [1.54, 1.807) is 0 Å². The van der Waals surface area contributed by atoms with Crippen LogP contribution in [-0.2, 0) is 11.0 Å². The average molecular weight is 427 g/mol. The van der Waals surface area contributed by atoms with Crippen LogP contribution in [-0.4, -0.2) is 0 Å². The molecule has 0 N–H and O–H groups in total. The van der Waals surface area contributed by atoms with Gasteiger partial charge in [-0.3, -0.25) is 0 Å². The van der Waals surface area contributed by atoms with Crippen LogP contribution in [0.3, 0.4) is 0 Å². The highest BCUT2D eigenvalue weighted by Crippen LogP contribution is 2.61. The van der Waals surface area contributed by atoms with E-state index in [2.05, 4.69) is 18.2 Å². The van der Waals surface area contributed by atoms with E-state index in [1.807, 2.05) is 91.0 Å². The predicted molar refractivity (Wildman–Crippen MR) is 127 cm³/mol. The average Bonchev–Trinajstić information content (AvgIpc) is 3.06. The zero-order valence-corrected chi connectivity index (χ0v) is 18.0. The van der Waals surface area contributed by atoms with Gasteiger partial charge in [0.15, 0.2) is 7.14 Å². The van der Waals surface area contributed by atoms with Crippen molar-refractivity contribution in [3.63, 3.8) is 0 Å². The summed E-state index contributed by atoms with van der Waals surface area (Å²) in [7, 11) is -2.97. The quantitative estimate of drug-likeness (QED) is 0.333. The highest BCUT2D eigenvalue weighted by molar-refractivity contribution is 7.83. The molecule has 1 aliphatic rings. The van der Waals surface area contributed by atoms with Crippen molar-refractivity contribution in [1.82, 2.24) is 0 Å². The molecule has 1 aliphatic heterocycles. The van der Waals surface area contributed by atoms with Crippen molar-refractivity contribution < 1.29 is 4.57 Å². The molecule has 0 radical (unpaired) electrons. The molecule has 0 saturated heterocycles. The lowest BCUT2D eigenvalue weighted by Crippen LogP contribution is -2.16. The summed E-state index contributed by atoms with van der Waals surface area (Å²) in [6, 6.07) is 36.2. The molecule has 3 heteroatoms. The van der Waals surface area contributed by atoms with Crippen molar-refractivity contribution >= 4 is 34.9 Å². The first-order chi connectivity index (χ1) is 14.7. The Hall–Kier alpha value is -2.86. The first-order valence-corrected chi connectivity index (χ1v) is 12.1. The minimum absolute atomic E-state index is 0.613. The molecule has 0 aliphatic carbocycles. The third-order valence-corrected chi connectivity index (χ3v) is 9.14. The Kier molecular flexibility index (Phi) is 4.95. The Bertz CT molecular complexity index is 1280. The van der Waals surface area contributed by atoms with Gasteiger partial charge in [0, 0.05) is 27.4 Å². The van der Waals surface area contributed by atoms with Crippen LogP contribution in [0.25, 0.3) is 5.57 Å². The standard InChI is InChI=1S/C27H20ClOP/c28-22-17-15-20(16-18-22)19-26-27(21-9-3-1-4-10-21)24-13-7-8-14-25(24)30(26,29)23-11-5-2-6-12-23/h1-18H,19H2. The summed E-state index contributed by atoms with van der Waals surface area (Å²) in [5.41, 5.74) is 4.36. The summed E-state index contributed by atoms with van der Waals surface area (Å²) in [6.45, 7) is 0. The zero-order valence-electron chi connectivity index (χ0n) is 16.3. The monoisotopic (exact) mass is 426 g/mol. The molecule has 4 aromatic rings. The van der Waals surface area contributed by atoms with E-state index in [0.717, 1.165) is 38.2 Å². The molecule has 4 aromatic carbocycles. The van der Waals surface area contributed by atoms with Crippen molar-refractivity contribution in [2.75, 3.05) is 0 Å². The molecule has 0 aromatic heterocycles. The topological polar surface area (TPSA) is 17.1 Å². The lowest BCUT2D eigenvalue weighted by atomic mass is 9.96. The predicted octanol–water partition coefficient (Wildman–Crippen LogP) is 6.67. The second-order valence-corrected chi connectivity index (χ2v) is 10.6. The van der Waals surface area contributed by atoms with Gasteiger partial charge in [0.05, 0.1) is 0 Å². The minimum atomic E-state index is -2.97. The maximum absolute atomic E-state index is 14.9. The minimum Gasteiger partial charge on any atom is -0.309 e. The number of benzene rings is 4. The fourth-order valence-corrected chi connectivity index (χ4v) is 7.66. The molecule has 0 saturated carbocycles. The Labute approximate surface area is 182 Å². The van der Waals surface area contributed by atoms with Crippen LogP contribution in [0.5, 0.6) is 0 Å². The first-order valence-electron chi connectivity index (χ1n) is 9.97. The van der Waals surface area contributed by atoms with Crippen molar-refractivity contribution in [3.8, 4) is 0 Å². The van der Waals surface area contributed by atoms with Crippen LogP contribution in [0.2, 0.25) is 5.02 Å². The van der Waals surface area contributed by atoms with E-state index < -0.39 is 7.14 Å². The van der Waals surface area contributed by atoms with E-state index in [1.165, 1.54) is 0 Å². The van der Waals surface area contributed by atoms with E-state index in [-0.39, 0.29) is 0 Å². The molecule has 0 fully saturated rings. The van der Waals surface area contributed by atoms with Crippen molar-refractivity contribution in [2.24, 2.45) is 0 Å². The Morgan fingerprint density at radius 3 is 1.97 bits per heavy atom. The molecule has 1 nitrogen and oxygen atoms in total. The lowest BCUT2D eigenvalue weighted by molar-refractivity contribution is 0.590. The van der Waals surface area contributed by atoms with Gasteiger partial charge in [0.1, 0.15) is 0 Å². The van der Waals surface area contributed by atoms with Gasteiger partial charge in [-0.2, -0.15) is 0 Å². The van der Waals surface area contributed by atoms with Crippen LogP contribution in [0.4, 0.5) is 0 Å². The molecule has 0 bridgehead atoms. The van der Waals surface area contributed by atoms with E-state index in [4.69, 9.17) is 11.6 Å². The van der Waals surface area contributed by atoms with Crippen LogP contribution in [0.1, 0.15) is 16.7 Å². The molecule has 1 unspecified atom stereocenters. The number of hydrogen-bond acceptors (Lipinski definition) is 1. The van der Waals surface area contributed by atoms with E-state index >= 15 is 0 Å². The largest absolute Gasteiger partial charge is 0.309 e. The number of rotatable bonds is 4. The second kappa shape index (κ2) is 7.76. The molecular weight excluding hydrogens is 407 g/mol. The Morgan fingerprint density at radius 1 is 0.667 bits per heavy atom. The van der Waals surface area contributed by atoms with Gasteiger partial charge in [-0.1, -0.05) is 109 Å². The Balaban J connectivity index is 1.81. The van der Waals surface area contributed by atoms with Gasteiger partial charge in [-0.05, 0) is 34.4 Å². The summed E-state index contributed by atoms with van der Waals surface area (Å²) >= 11 is 6.11. The summed E-state index contributed by atoms with van der Waals surface area (Å²) < 4.78 is 14.9. The number of fused-ring (bicyclic) bond motifs is 1. The van der Waals surface area contributed by atoms with Gasteiger partial charge in [-0.25, -0.2) is 0 Å². The maximum Gasteiger partial charge on any atom is 0.168 e. The normalized spacial score (nSPS) is 17.8. The molecule has 146 valence electrons. The number of hydrogen-bond donors (Lipinski definition) is 0. The third kappa shape index (κ3) is 3.16. The third-order valence-electron chi connectivity index (χ3n) is 5.65. The van der Waals surface area contributed by atoms with Gasteiger partial charge in [0.2, 0.25) is 0 Å². The molecule has 30 heavy (non-hydrogen) atoms. The zero-order chi connectivity index (χ0) is 20.6. The SMILES string of the molecule is O=P1(c2ccccc2)C(Cc2ccc(Cl)cc2)=C(c2ccccc2)c2ccccc21. The number of halogens is 1. The summed E-state index contributed by atoms with van der Waals surface area (Å²) in [5, 5.41) is 3.51. The molecule has 0 spiro atoms. The van der Waals surface area contributed by atoms with Gasteiger partial charge < -0.3 is 4.57 Å². The molecule has 5 rings (SSSR count). The van der Waals surface area contributed by atoms with Crippen LogP contribution in [0, 0.1) is 0 Å².